The van der Waals surface area contributed by atoms with E-state index in [0.29, 0.717) is 12.1 Å². The second-order valence-corrected chi connectivity index (χ2v) is 3.69. The summed E-state index contributed by atoms with van der Waals surface area (Å²) in [6, 6.07) is 9.85. The van der Waals surface area contributed by atoms with Crippen molar-refractivity contribution in [2.45, 2.75) is 32.4 Å². The van der Waals surface area contributed by atoms with Gasteiger partial charge in [-0.2, -0.15) is 0 Å². The Bertz CT molecular complexity index is 280. The average Bonchev–Trinajstić information content (AvgIpc) is 2.04. The van der Waals surface area contributed by atoms with E-state index in [4.69, 9.17) is 0 Å². The number of rotatable bonds is 0. The Balaban J connectivity index is 2.40. The molecule has 2 rings (SSSR count). The van der Waals surface area contributed by atoms with Crippen LogP contribution in [0.15, 0.2) is 24.3 Å². The van der Waals surface area contributed by atoms with E-state index < -0.39 is 0 Å². The SMILES string of the molecule is C[C@H]1Cc2ccccc2[C@@H](C)N1. The molecular weight excluding hydrogens is 146 g/mol. The van der Waals surface area contributed by atoms with Crippen molar-refractivity contribution >= 4 is 0 Å². The molecular formula is C11H15N. The highest BCUT2D eigenvalue weighted by atomic mass is 14.9. The number of fused-ring (bicyclic) bond motifs is 1. The quantitative estimate of drug-likeness (QED) is 0.615. The van der Waals surface area contributed by atoms with Gasteiger partial charge in [-0.15, -0.1) is 0 Å². The molecule has 1 aromatic carbocycles. The van der Waals surface area contributed by atoms with Crippen LogP contribution < -0.4 is 5.32 Å². The molecule has 1 aliphatic rings. The summed E-state index contributed by atoms with van der Waals surface area (Å²) < 4.78 is 0. The zero-order chi connectivity index (χ0) is 8.55. The van der Waals surface area contributed by atoms with Crippen molar-refractivity contribution in [2.75, 3.05) is 0 Å². The summed E-state index contributed by atoms with van der Waals surface area (Å²) >= 11 is 0. The van der Waals surface area contributed by atoms with Crippen molar-refractivity contribution in [3.8, 4) is 0 Å². The molecule has 0 spiro atoms. The first-order valence-electron chi connectivity index (χ1n) is 4.61. The standard InChI is InChI=1S/C11H15N/c1-8-7-10-5-3-4-6-11(10)9(2)12-8/h3-6,8-9,12H,7H2,1-2H3/t8-,9+/m0/s1. The maximum atomic E-state index is 3.54. The summed E-state index contributed by atoms with van der Waals surface area (Å²) in [5.74, 6) is 0. The molecule has 0 bridgehead atoms. The molecule has 1 heterocycles. The van der Waals surface area contributed by atoms with Gasteiger partial charge < -0.3 is 5.32 Å². The van der Waals surface area contributed by atoms with Crippen LogP contribution in [0.4, 0.5) is 0 Å². The Morgan fingerprint density at radius 2 is 2.00 bits per heavy atom. The molecule has 1 aromatic rings. The minimum Gasteiger partial charge on any atom is -0.307 e. The second-order valence-electron chi connectivity index (χ2n) is 3.69. The Kier molecular flexibility index (Phi) is 1.89. The summed E-state index contributed by atoms with van der Waals surface area (Å²) in [5, 5.41) is 3.54. The van der Waals surface area contributed by atoms with E-state index in [1.54, 1.807) is 0 Å². The number of benzene rings is 1. The minimum absolute atomic E-state index is 0.518. The molecule has 1 nitrogen and oxygen atoms in total. The van der Waals surface area contributed by atoms with Gasteiger partial charge in [0.2, 0.25) is 0 Å². The first-order chi connectivity index (χ1) is 5.77. The number of nitrogens with one attached hydrogen (secondary N) is 1. The van der Waals surface area contributed by atoms with E-state index >= 15 is 0 Å². The molecule has 1 N–H and O–H groups in total. The van der Waals surface area contributed by atoms with Gasteiger partial charge in [-0.1, -0.05) is 24.3 Å². The van der Waals surface area contributed by atoms with Crippen LogP contribution in [0.1, 0.15) is 31.0 Å². The molecule has 64 valence electrons. The zero-order valence-electron chi connectivity index (χ0n) is 7.67. The predicted octanol–water partition coefficient (Wildman–Crippen LogP) is 2.28. The van der Waals surface area contributed by atoms with Crippen LogP contribution in [0.25, 0.3) is 0 Å². The normalized spacial score (nSPS) is 28.2. The lowest BCUT2D eigenvalue weighted by Gasteiger charge is -2.28. The van der Waals surface area contributed by atoms with E-state index in [1.807, 2.05) is 0 Å². The third-order valence-corrected chi connectivity index (χ3v) is 2.58. The van der Waals surface area contributed by atoms with Gasteiger partial charge in [0, 0.05) is 12.1 Å². The molecule has 2 atom stereocenters. The van der Waals surface area contributed by atoms with Crippen molar-refractivity contribution in [1.82, 2.24) is 5.32 Å². The smallest absolute Gasteiger partial charge is 0.0297 e. The fourth-order valence-corrected chi connectivity index (χ4v) is 2.05. The number of hydrogen-bond acceptors (Lipinski definition) is 1. The average molecular weight is 161 g/mol. The molecule has 1 aliphatic heterocycles. The van der Waals surface area contributed by atoms with Crippen molar-refractivity contribution < 1.29 is 0 Å². The van der Waals surface area contributed by atoms with Crippen LogP contribution in [0, 0.1) is 0 Å². The van der Waals surface area contributed by atoms with E-state index in [1.165, 1.54) is 17.5 Å². The third-order valence-electron chi connectivity index (χ3n) is 2.58. The van der Waals surface area contributed by atoms with Gasteiger partial charge in [0.05, 0.1) is 0 Å². The highest BCUT2D eigenvalue weighted by Crippen LogP contribution is 2.23. The van der Waals surface area contributed by atoms with Crippen LogP contribution in [0.3, 0.4) is 0 Å². The van der Waals surface area contributed by atoms with Crippen molar-refractivity contribution in [1.29, 1.82) is 0 Å². The van der Waals surface area contributed by atoms with Crippen molar-refractivity contribution in [3.05, 3.63) is 35.4 Å². The van der Waals surface area contributed by atoms with E-state index in [0.717, 1.165) is 0 Å². The molecule has 0 saturated carbocycles. The van der Waals surface area contributed by atoms with E-state index in [-0.39, 0.29) is 0 Å². The van der Waals surface area contributed by atoms with Crippen molar-refractivity contribution in [2.24, 2.45) is 0 Å². The van der Waals surface area contributed by atoms with Crippen LogP contribution in [-0.2, 0) is 6.42 Å². The number of hydrogen-bond donors (Lipinski definition) is 1. The first-order valence-corrected chi connectivity index (χ1v) is 4.61. The molecule has 0 aliphatic carbocycles. The third kappa shape index (κ3) is 1.25. The van der Waals surface area contributed by atoms with E-state index in [9.17, 15) is 0 Å². The van der Waals surface area contributed by atoms with Gasteiger partial charge >= 0.3 is 0 Å². The van der Waals surface area contributed by atoms with Gasteiger partial charge in [0.25, 0.3) is 0 Å². The zero-order valence-corrected chi connectivity index (χ0v) is 7.67. The lowest BCUT2D eigenvalue weighted by molar-refractivity contribution is 0.446. The minimum atomic E-state index is 0.518. The van der Waals surface area contributed by atoms with Crippen LogP contribution in [0.2, 0.25) is 0 Å². The Morgan fingerprint density at radius 1 is 1.25 bits per heavy atom. The van der Waals surface area contributed by atoms with Gasteiger partial charge in [0.1, 0.15) is 0 Å². The lowest BCUT2D eigenvalue weighted by Crippen LogP contribution is -2.35. The van der Waals surface area contributed by atoms with Gasteiger partial charge in [-0.05, 0) is 31.4 Å². The van der Waals surface area contributed by atoms with Crippen LogP contribution >= 0.6 is 0 Å². The molecule has 12 heavy (non-hydrogen) atoms. The summed E-state index contributed by atoms with van der Waals surface area (Å²) in [4.78, 5) is 0. The van der Waals surface area contributed by atoms with Gasteiger partial charge in [0.15, 0.2) is 0 Å². The first kappa shape index (κ1) is 7.81. The topological polar surface area (TPSA) is 12.0 Å². The molecule has 0 fully saturated rings. The largest absolute Gasteiger partial charge is 0.307 e. The Hall–Kier alpha value is -0.820. The highest BCUT2D eigenvalue weighted by Gasteiger charge is 2.18. The summed E-state index contributed by atoms with van der Waals surface area (Å²) in [7, 11) is 0. The molecule has 1 heteroatoms. The molecule has 0 aromatic heterocycles. The van der Waals surface area contributed by atoms with Gasteiger partial charge in [-0.3, -0.25) is 0 Å². The fourth-order valence-electron chi connectivity index (χ4n) is 2.05. The molecule has 0 saturated heterocycles. The summed E-state index contributed by atoms with van der Waals surface area (Å²) in [6.45, 7) is 4.47. The van der Waals surface area contributed by atoms with E-state index in [2.05, 4.69) is 43.4 Å². The second kappa shape index (κ2) is 2.91. The summed E-state index contributed by atoms with van der Waals surface area (Å²) in [6.07, 6.45) is 1.17. The Labute approximate surface area is 73.8 Å². The molecule has 0 amide bonds. The van der Waals surface area contributed by atoms with Crippen LogP contribution in [0.5, 0.6) is 0 Å². The van der Waals surface area contributed by atoms with Crippen molar-refractivity contribution in [3.63, 3.8) is 0 Å². The predicted molar refractivity (Wildman–Crippen MR) is 51.2 cm³/mol. The summed E-state index contributed by atoms with van der Waals surface area (Å²) in [5.41, 5.74) is 2.98. The maximum Gasteiger partial charge on any atom is 0.0297 e. The highest BCUT2D eigenvalue weighted by molar-refractivity contribution is 5.32. The lowest BCUT2D eigenvalue weighted by atomic mass is 9.92. The molecule has 0 radical (unpaired) electrons. The monoisotopic (exact) mass is 161 g/mol. The maximum absolute atomic E-state index is 3.54. The van der Waals surface area contributed by atoms with Gasteiger partial charge in [-0.25, -0.2) is 0 Å². The Morgan fingerprint density at radius 3 is 2.83 bits per heavy atom. The molecule has 0 unspecified atom stereocenters. The van der Waals surface area contributed by atoms with Crippen LogP contribution in [-0.4, -0.2) is 6.04 Å². The fraction of sp³-hybridized carbons (Fsp3) is 0.455.